The Balaban J connectivity index is 1.86. The van der Waals surface area contributed by atoms with Crippen molar-refractivity contribution in [2.24, 2.45) is 5.10 Å². The van der Waals surface area contributed by atoms with Crippen molar-refractivity contribution in [1.29, 1.82) is 0 Å². The molecule has 0 aliphatic rings. The summed E-state index contributed by atoms with van der Waals surface area (Å²) in [5, 5.41) is 15.4. The van der Waals surface area contributed by atoms with Gasteiger partial charge in [0.15, 0.2) is 0 Å². The molecule has 31 heavy (non-hydrogen) atoms. The highest BCUT2D eigenvalue weighted by Gasteiger charge is 2.21. The van der Waals surface area contributed by atoms with Gasteiger partial charge < -0.3 is 0 Å². The van der Waals surface area contributed by atoms with E-state index >= 15 is 0 Å². The number of hydrazone groups is 1. The van der Waals surface area contributed by atoms with Crippen molar-refractivity contribution in [2.45, 2.75) is 4.90 Å². The maximum Gasteiger partial charge on any atom is 0.295 e. The van der Waals surface area contributed by atoms with Crippen molar-refractivity contribution in [3.63, 3.8) is 0 Å². The summed E-state index contributed by atoms with van der Waals surface area (Å²) in [6.45, 7) is 0. The highest BCUT2D eigenvalue weighted by molar-refractivity contribution is 7.92. The van der Waals surface area contributed by atoms with Crippen LogP contribution in [0.3, 0.4) is 0 Å². The minimum atomic E-state index is -4.14. The molecule has 0 aliphatic carbocycles. The fourth-order valence-electron chi connectivity index (χ4n) is 2.46. The minimum Gasteiger partial charge on any atom is -0.280 e. The van der Waals surface area contributed by atoms with Crippen LogP contribution in [0.1, 0.15) is 5.56 Å². The Morgan fingerprint density at radius 3 is 2.29 bits per heavy atom. The van der Waals surface area contributed by atoms with Crippen molar-refractivity contribution in [2.75, 3.05) is 10.1 Å². The molecule has 3 rings (SSSR count). The van der Waals surface area contributed by atoms with Crippen molar-refractivity contribution in [1.82, 2.24) is 0 Å². The maximum absolute atomic E-state index is 13.6. The van der Waals surface area contributed by atoms with Crippen molar-refractivity contribution < 1.29 is 22.1 Å². The third kappa shape index (κ3) is 5.32. The largest absolute Gasteiger partial charge is 0.295 e. The Hall–Kier alpha value is -3.57. The number of hydrogen-bond donors (Lipinski definition) is 2. The molecular weight excluding hydrogens is 454 g/mol. The van der Waals surface area contributed by atoms with E-state index in [1.807, 2.05) is 0 Å². The molecule has 0 unspecified atom stereocenters. The summed E-state index contributed by atoms with van der Waals surface area (Å²) >= 11 is 5.76. The second-order valence-electron chi connectivity index (χ2n) is 6.05. The lowest BCUT2D eigenvalue weighted by atomic mass is 10.2. The van der Waals surface area contributed by atoms with Crippen LogP contribution in [0.2, 0.25) is 5.02 Å². The van der Waals surface area contributed by atoms with Crippen molar-refractivity contribution >= 4 is 44.9 Å². The zero-order valence-electron chi connectivity index (χ0n) is 15.4. The molecule has 0 spiro atoms. The molecule has 0 aliphatic heterocycles. The molecule has 0 bridgehead atoms. The highest BCUT2D eigenvalue weighted by atomic mass is 35.5. The first-order valence-corrected chi connectivity index (χ1v) is 10.3. The number of rotatable bonds is 7. The molecule has 12 heteroatoms. The van der Waals surface area contributed by atoms with E-state index in [1.54, 1.807) is 0 Å². The number of nitro groups is 1. The van der Waals surface area contributed by atoms with Gasteiger partial charge in [-0.3, -0.25) is 20.3 Å². The van der Waals surface area contributed by atoms with E-state index in [1.165, 1.54) is 30.3 Å². The van der Waals surface area contributed by atoms with Crippen molar-refractivity contribution in [3.8, 4) is 0 Å². The number of sulfonamides is 1. The lowest BCUT2D eigenvalue weighted by molar-refractivity contribution is -0.384. The fourth-order valence-corrected chi connectivity index (χ4v) is 3.66. The van der Waals surface area contributed by atoms with Crippen LogP contribution in [0, 0.1) is 21.7 Å². The van der Waals surface area contributed by atoms with Gasteiger partial charge in [-0.05, 0) is 48.5 Å². The van der Waals surface area contributed by atoms with E-state index < -0.39 is 37.8 Å². The van der Waals surface area contributed by atoms with Crippen LogP contribution < -0.4 is 10.1 Å². The zero-order chi connectivity index (χ0) is 22.6. The normalized spacial score (nSPS) is 11.5. The highest BCUT2D eigenvalue weighted by Crippen LogP contribution is 2.29. The lowest BCUT2D eigenvalue weighted by Gasteiger charge is -2.09. The Morgan fingerprint density at radius 2 is 1.68 bits per heavy atom. The summed E-state index contributed by atoms with van der Waals surface area (Å²) in [7, 11) is -4.14. The first-order chi connectivity index (χ1) is 14.7. The van der Waals surface area contributed by atoms with E-state index in [-0.39, 0.29) is 16.3 Å². The standard InChI is InChI=1S/C19H13ClF2N4O4S/c20-12-4-6-13(7-5-12)25-31(29,30)14-8-9-18(19(10-14)26(27)28)24-23-11-15-16(21)2-1-3-17(15)22/h1-11,24-25H/b23-11+. The van der Waals surface area contributed by atoms with Crippen LogP contribution in [-0.4, -0.2) is 19.6 Å². The molecule has 160 valence electrons. The summed E-state index contributed by atoms with van der Waals surface area (Å²) in [4.78, 5) is 10.2. The van der Waals surface area contributed by atoms with Crippen LogP contribution in [0.25, 0.3) is 0 Å². The molecule has 8 nitrogen and oxygen atoms in total. The molecule has 0 heterocycles. The third-order valence-corrected chi connectivity index (χ3v) is 5.58. The van der Waals surface area contributed by atoms with Crippen molar-refractivity contribution in [3.05, 3.63) is 93.0 Å². The molecule has 0 amide bonds. The van der Waals surface area contributed by atoms with Crippen LogP contribution >= 0.6 is 11.6 Å². The number of nitro benzene ring substituents is 1. The number of nitrogens with zero attached hydrogens (tertiary/aromatic N) is 2. The summed E-state index contributed by atoms with van der Waals surface area (Å²) in [6, 6.07) is 12.1. The van der Waals surface area contributed by atoms with Crippen LogP contribution in [0.5, 0.6) is 0 Å². The zero-order valence-corrected chi connectivity index (χ0v) is 17.0. The van der Waals surface area contributed by atoms with Gasteiger partial charge in [-0.15, -0.1) is 0 Å². The Bertz CT molecular complexity index is 1250. The molecule has 0 saturated carbocycles. The van der Waals surface area contributed by atoms with Gasteiger partial charge >= 0.3 is 0 Å². The molecule has 0 saturated heterocycles. The van der Waals surface area contributed by atoms with Crippen LogP contribution in [0.4, 0.5) is 25.8 Å². The van der Waals surface area contributed by atoms with Gasteiger partial charge in [-0.1, -0.05) is 17.7 Å². The fraction of sp³-hybridized carbons (Fsp3) is 0. The van der Waals surface area contributed by atoms with E-state index in [0.717, 1.165) is 36.5 Å². The van der Waals surface area contributed by atoms with E-state index in [0.29, 0.717) is 5.02 Å². The van der Waals surface area contributed by atoms with Gasteiger partial charge in [0.2, 0.25) is 0 Å². The molecule has 0 radical (unpaired) electrons. The number of hydrogen-bond acceptors (Lipinski definition) is 6. The molecule has 3 aromatic carbocycles. The Morgan fingerprint density at radius 1 is 1.03 bits per heavy atom. The van der Waals surface area contributed by atoms with E-state index in [9.17, 15) is 27.3 Å². The van der Waals surface area contributed by atoms with Gasteiger partial charge in [0.05, 0.1) is 21.6 Å². The molecule has 0 aromatic heterocycles. The number of benzene rings is 3. The summed E-state index contributed by atoms with van der Waals surface area (Å²) < 4.78 is 54.6. The first kappa shape index (κ1) is 22.1. The first-order valence-electron chi connectivity index (χ1n) is 8.47. The van der Waals surface area contributed by atoms with Gasteiger partial charge in [0.1, 0.15) is 17.3 Å². The average Bonchev–Trinajstić information content (AvgIpc) is 2.71. The quantitative estimate of drug-likeness (QED) is 0.295. The number of anilines is 2. The summed E-state index contributed by atoms with van der Waals surface area (Å²) in [6.07, 6.45) is 0.821. The maximum atomic E-state index is 13.6. The predicted octanol–water partition coefficient (Wildman–Crippen LogP) is 4.77. The van der Waals surface area contributed by atoms with E-state index in [4.69, 9.17) is 11.6 Å². The summed E-state index contributed by atoms with van der Waals surface area (Å²) in [5.74, 6) is -1.73. The minimum absolute atomic E-state index is 0.177. The lowest BCUT2D eigenvalue weighted by Crippen LogP contribution is -2.13. The monoisotopic (exact) mass is 466 g/mol. The molecular formula is C19H13ClF2N4O4S. The number of halogens is 3. The van der Waals surface area contributed by atoms with Gasteiger partial charge in [-0.2, -0.15) is 5.10 Å². The second kappa shape index (κ2) is 9.06. The van der Waals surface area contributed by atoms with Gasteiger partial charge in [0.25, 0.3) is 15.7 Å². The molecule has 2 N–H and O–H groups in total. The van der Waals surface area contributed by atoms with E-state index in [2.05, 4.69) is 15.2 Å². The third-order valence-electron chi connectivity index (χ3n) is 3.95. The average molecular weight is 467 g/mol. The van der Waals surface area contributed by atoms with Crippen LogP contribution in [0.15, 0.2) is 70.7 Å². The molecule has 0 fully saturated rings. The van der Waals surface area contributed by atoms with Crippen LogP contribution in [-0.2, 0) is 10.0 Å². The molecule has 0 atom stereocenters. The SMILES string of the molecule is O=[N+]([O-])c1cc(S(=O)(=O)Nc2ccc(Cl)cc2)ccc1N/N=C/c1c(F)cccc1F. The topological polar surface area (TPSA) is 114 Å². The Labute approximate surface area is 180 Å². The predicted molar refractivity (Wildman–Crippen MR) is 113 cm³/mol. The molecule has 3 aromatic rings. The second-order valence-corrected chi connectivity index (χ2v) is 8.17. The smallest absolute Gasteiger partial charge is 0.280 e. The Kier molecular flexibility index (Phi) is 6.47. The number of nitrogens with one attached hydrogen (secondary N) is 2. The summed E-state index contributed by atoms with van der Waals surface area (Å²) in [5.41, 5.74) is 1.29. The van der Waals surface area contributed by atoms with Gasteiger partial charge in [0, 0.05) is 16.8 Å². The van der Waals surface area contributed by atoms with Gasteiger partial charge in [-0.25, -0.2) is 17.2 Å².